The Morgan fingerprint density at radius 3 is 2.50 bits per heavy atom. The van der Waals surface area contributed by atoms with E-state index in [1.807, 2.05) is 19.1 Å². The van der Waals surface area contributed by atoms with E-state index in [9.17, 15) is 13.2 Å². The maximum absolute atomic E-state index is 12.6. The van der Waals surface area contributed by atoms with Gasteiger partial charge in [-0.2, -0.15) is 0 Å². The van der Waals surface area contributed by atoms with Gasteiger partial charge in [0.2, 0.25) is 5.91 Å². The van der Waals surface area contributed by atoms with Crippen molar-refractivity contribution in [1.29, 1.82) is 0 Å². The smallest absolute Gasteiger partial charge is 0.271 e. The molecule has 0 saturated carbocycles. The molecule has 0 aliphatic carbocycles. The lowest BCUT2D eigenvalue weighted by Crippen LogP contribution is -2.11. The summed E-state index contributed by atoms with van der Waals surface area (Å²) < 4.78 is 33.1. The second kappa shape index (κ2) is 7.99. The summed E-state index contributed by atoms with van der Waals surface area (Å²) in [7, 11) is -3.67. The van der Waals surface area contributed by atoms with Gasteiger partial charge in [0.05, 0.1) is 0 Å². The predicted octanol–water partition coefficient (Wildman–Crippen LogP) is 4.28. The molecule has 0 saturated heterocycles. The molecule has 28 heavy (non-hydrogen) atoms. The molecule has 0 aliphatic heterocycles. The van der Waals surface area contributed by atoms with Crippen molar-refractivity contribution < 1.29 is 17.7 Å². The SMILES string of the molecule is CC(=O)Nc1c(C)noc1/C=C/c1ccc(S(=O)(=O)Nc2ccc(C)cc2)s1. The number of anilines is 2. The first kappa shape index (κ1) is 19.8. The molecule has 2 heterocycles. The lowest BCUT2D eigenvalue weighted by Gasteiger charge is -2.06. The topological polar surface area (TPSA) is 101 Å². The summed E-state index contributed by atoms with van der Waals surface area (Å²) in [5.41, 5.74) is 2.61. The Kier molecular flexibility index (Phi) is 5.66. The van der Waals surface area contributed by atoms with Crippen molar-refractivity contribution in [1.82, 2.24) is 5.16 Å². The van der Waals surface area contributed by atoms with Crippen molar-refractivity contribution in [3.8, 4) is 0 Å². The van der Waals surface area contributed by atoms with Gasteiger partial charge in [0, 0.05) is 17.5 Å². The van der Waals surface area contributed by atoms with E-state index in [-0.39, 0.29) is 10.1 Å². The molecule has 0 unspecified atom stereocenters. The molecule has 0 spiro atoms. The van der Waals surface area contributed by atoms with Crippen LogP contribution >= 0.6 is 11.3 Å². The molecule has 0 radical (unpaired) electrons. The molecular formula is C19H19N3O4S2. The molecule has 2 aromatic heterocycles. The van der Waals surface area contributed by atoms with Gasteiger partial charge in [0.15, 0.2) is 5.76 Å². The van der Waals surface area contributed by atoms with Gasteiger partial charge < -0.3 is 9.84 Å². The Morgan fingerprint density at radius 2 is 1.82 bits per heavy atom. The molecule has 7 nitrogen and oxygen atoms in total. The number of hydrogen-bond acceptors (Lipinski definition) is 6. The minimum atomic E-state index is -3.67. The molecule has 3 rings (SSSR count). The monoisotopic (exact) mass is 417 g/mol. The zero-order valence-electron chi connectivity index (χ0n) is 15.5. The average Bonchev–Trinajstić information content (AvgIpc) is 3.23. The van der Waals surface area contributed by atoms with Crippen LogP contribution in [0.25, 0.3) is 12.2 Å². The summed E-state index contributed by atoms with van der Waals surface area (Å²) in [4.78, 5) is 12.0. The summed E-state index contributed by atoms with van der Waals surface area (Å²) in [6.45, 7) is 5.06. The first-order chi connectivity index (χ1) is 13.2. The van der Waals surface area contributed by atoms with E-state index in [0.717, 1.165) is 16.9 Å². The number of benzene rings is 1. The van der Waals surface area contributed by atoms with Crippen molar-refractivity contribution >= 4 is 50.8 Å². The highest BCUT2D eigenvalue weighted by Gasteiger charge is 2.17. The van der Waals surface area contributed by atoms with E-state index in [1.54, 1.807) is 43.3 Å². The van der Waals surface area contributed by atoms with Crippen molar-refractivity contribution in [3.63, 3.8) is 0 Å². The number of hydrogen-bond donors (Lipinski definition) is 2. The highest BCUT2D eigenvalue weighted by Crippen LogP contribution is 2.27. The highest BCUT2D eigenvalue weighted by molar-refractivity contribution is 7.94. The van der Waals surface area contributed by atoms with Crippen LogP contribution in [0.3, 0.4) is 0 Å². The Bertz CT molecular complexity index is 1130. The lowest BCUT2D eigenvalue weighted by atomic mass is 10.2. The van der Waals surface area contributed by atoms with Crippen molar-refractivity contribution in [2.75, 3.05) is 10.0 Å². The molecule has 3 aromatic rings. The molecule has 0 fully saturated rings. The van der Waals surface area contributed by atoms with Gasteiger partial charge in [-0.15, -0.1) is 11.3 Å². The largest absolute Gasteiger partial charge is 0.354 e. The van der Waals surface area contributed by atoms with Crippen molar-refractivity contribution in [3.05, 3.63) is 58.3 Å². The summed E-state index contributed by atoms with van der Waals surface area (Å²) in [5.74, 6) is 0.163. The third-order valence-corrected chi connectivity index (χ3v) is 6.68. The van der Waals surface area contributed by atoms with Gasteiger partial charge in [-0.3, -0.25) is 9.52 Å². The van der Waals surface area contributed by atoms with Crippen LogP contribution in [0.2, 0.25) is 0 Å². The van der Waals surface area contributed by atoms with E-state index in [1.165, 1.54) is 6.92 Å². The molecule has 0 bridgehead atoms. The minimum absolute atomic E-state index is 0.198. The number of sulfonamides is 1. The van der Waals surface area contributed by atoms with Crippen LogP contribution in [0.1, 0.15) is 28.8 Å². The van der Waals surface area contributed by atoms with Gasteiger partial charge in [-0.05, 0) is 50.3 Å². The zero-order chi connectivity index (χ0) is 20.3. The Balaban J connectivity index is 1.78. The van der Waals surface area contributed by atoms with Crippen LogP contribution in [-0.4, -0.2) is 19.5 Å². The van der Waals surface area contributed by atoms with Crippen molar-refractivity contribution in [2.45, 2.75) is 25.0 Å². The fraction of sp³-hybridized carbons (Fsp3) is 0.158. The number of nitrogens with one attached hydrogen (secondary N) is 2. The van der Waals surface area contributed by atoms with Crippen LogP contribution in [-0.2, 0) is 14.8 Å². The first-order valence-electron chi connectivity index (χ1n) is 8.36. The molecule has 146 valence electrons. The highest BCUT2D eigenvalue weighted by atomic mass is 32.2. The number of thiophene rings is 1. The summed E-state index contributed by atoms with van der Waals surface area (Å²) >= 11 is 1.12. The van der Waals surface area contributed by atoms with Gasteiger partial charge in [-0.25, -0.2) is 8.42 Å². The van der Waals surface area contributed by atoms with Crippen LogP contribution in [0.5, 0.6) is 0 Å². The maximum Gasteiger partial charge on any atom is 0.271 e. The number of aromatic nitrogens is 1. The molecule has 1 amide bonds. The number of carbonyl (C=O) groups is 1. The Hall–Kier alpha value is -2.91. The average molecular weight is 418 g/mol. The molecule has 2 N–H and O–H groups in total. The number of nitrogens with zero attached hydrogens (tertiary/aromatic N) is 1. The normalized spacial score (nSPS) is 11.7. The number of aryl methyl sites for hydroxylation is 2. The van der Waals surface area contributed by atoms with Crippen LogP contribution < -0.4 is 10.0 Å². The van der Waals surface area contributed by atoms with Gasteiger partial charge in [-0.1, -0.05) is 22.9 Å². The van der Waals surface area contributed by atoms with Crippen molar-refractivity contribution in [2.24, 2.45) is 0 Å². The molecule has 1 aromatic carbocycles. The van der Waals surface area contributed by atoms with Gasteiger partial charge in [0.25, 0.3) is 10.0 Å². The maximum atomic E-state index is 12.6. The molecule has 0 aliphatic rings. The van der Waals surface area contributed by atoms with Crippen LogP contribution in [0, 0.1) is 13.8 Å². The number of carbonyl (C=O) groups excluding carboxylic acids is 1. The Labute approximate surface area is 167 Å². The predicted molar refractivity (Wildman–Crippen MR) is 111 cm³/mol. The third-order valence-electron chi connectivity index (χ3n) is 3.76. The van der Waals surface area contributed by atoms with E-state index in [4.69, 9.17) is 4.52 Å². The first-order valence-corrected chi connectivity index (χ1v) is 10.7. The second-order valence-corrected chi connectivity index (χ2v) is 9.17. The molecule has 9 heteroatoms. The zero-order valence-corrected chi connectivity index (χ0v) is 17.1. The van der Waals surface area contributed by atoms with Gasteiger partial charge in [0.1, 0.15) is 15.6 Å². The lowest BCUT2D eigenvalue weighted by molar-refractivity contribution is -0.114. The fourth-order valence-corrected chi connectivity index (χ4v) is 4.67. The van der Waals surface area contributed by atoms with E-state index < -0.39 is 10.0 Å². The molecule has 0 atom stereocenters. The van der Waals surface area contributed by atoms with Gasteiger partial charge >= 0.3 is 0 Å². The third kappa shape index (κ3) is 4.68. The van der Waals surface area contributed by atoms with E-state index >= 15 is 0 Å². The summed E-state index contributed by atoms with van der Waals surface area (Å²) in [5, 5.41) is 6.51. The molecular weight excluding hydrogens is 398 g/mol. The summed E-state index contributed by atoms with van der Waals surface area (Å²) in [6, 6.07) is 10.4. The second-order valence-electron chi connectivity index (χ2n) is 6.15. The quantitative estimate of drug-likeness (QED) is 0.623. The van der Waals surface area contributed by atoms with E-state index in [0.29, 0.717) is 27.7 Å². The number of amides is 1. The van der Waals surface area contributed by atoms with E-state index in [2.05, 4.69) is 15.2 Å². The Morgan fingerprint density at radius 1 is 1.11 bits per heavy atom. The number of rotatable bonds is 6. The minimum Gasteiger partial charge on any atom is -0.354 e. The standard InChI is InChI=1S/C19H19N3O4S2/c1-12-4-6-15(7-5-12)22-28(24,25)18-11-9-16(27-18)8-10-17-19(20-14(3)23)13(2)21-26-17/h4-11,22H,1-3H3,(H,20,23)/b10-8+. The van der Waals surface area contributed by atoms with Crippen LogP contribution in [0.15, 0.2) is 45.1 Å². The fourth-order valence-electron chi connectivity index (χ4n) is 2.38. The van der Waals surface area contributed by atoms with Crippen LogP contribution in [0.4, 0.5) is 11.4 Å². The summed E-state index contributed by atoms with van der Waals surface area (Å²) in [6.07, 6.45) is 3.35.